The quantitative estimate of drug-likeness (QED) is 0.723. The van der Waals surface area contributed by atoms with Crippen LogP contribution < -0.4 is 5.32 Å². The van der Waals surface area contributed by atoms with Crippen LogP contribution in [0, 0.1) is 0 Å². The molecule has 0 aliphatic rings. The monoisotopic (exact) mass is 358 g/mol. The van der Waals surface area contributed by atoms with E-state index in [0.717, 1.165) is 5.56 Å². The number of carbonyl (C=O) groups excluding carboxylic acids is 1. The molecule has 0 aliphatic carbocycles. The first kappa shape index (κ1) is 16.2. The van der Waals surface area contributed by atoms with Gasteiger partial charge in [-0.15, -0.1) is 11.3 Å². The van der Waals surface area contributed by atoms with Crippen molar-refractivity contribution < 1.29 is 14.7 Å². The molecule has 0 fully saturated rings. The first-order chi connectivity index (χ1) is 11.6. The number of nitrogens with one attached hydrogen (secondary N) is 1. The molecule has 7 heteroatoms. The van der Waals surface area contributed by atoms with E-state index in [-0.39, 0.29) is 16.5 Å². The molecule has 0 spiro atoms. The van der Waals surface area contributed by atoms with Crippen molar-refractivity contribution in [3.8, 4) is 11.3 Å². The molecule has 0 radical (unpaired) electrons. The molecule has 0 unspecified atom stereocenters. The first-order valence-electron chi connectivity index (χ1n) is 6.89. The number of carboxylic acids is 1. The molecule has 0 aliphatic heterocycles. The predicted octanol–water partition coefficient (Wildman–Crippen LogP) is 4.41. The van der Waals surface area contributed by atoms with Gasteiger partial charge in [-0.3, -0.25) is 4.79 Å². The zero-order valence-electron chi connectivity index (χ0n) is 12.2. The van der Waals surface area contributed by atoms with E-state index in [1.165, 1.54) is 23.5 Å². The summed E-state index contributed by atoms with van der Waals surface area (Å²) >= 11 is 7.05. The number of benzene rings is 2. The molecule has 0 saturated heterocycles. The van der Waals surface area contributed by atoms with E-state index in [9.17, 15) is 9.59 Å². The van der Waals surface area contributed by atoms with Gasteiger partial charge in [-0.1, -0.05) is 41.9 Å². The van der Waals surface area contributed by atoms with Gasteiger partial charge in [-0.05, 0) is 18.2 Å². The van der Waals surface area contributed by atoms with E-state index >= 15 is 0 Å². The molecule has 3 rings (SSSR count). The van der Waals surface area contributed by atoms with Gasteiger partial charge in [0.2, 0.25) is 0 Å². The molecule has 3 aromatic rings. The molecular formula is C17H11ClN2O3S. The summed E-state index contributed by atoms with van der Waals surface area (Å²) < 4.78 is 0. The molecule has 0 bridgehead atoms. The highest BCUT2D eigenvalue weighted by molar-refractivity contribution is 7.12. The normalized spacial score (nSPS) is 10.4. The van der Waals surface area contributed by atoms with Gasteiger partial charge in [0.25, 0.3) is 5.91 Å². The highest BCUT2D eigenvalue weighted by atomic mass is 35.5. The first-order valence-corrected chi connectivity index (χ1v) is 8.15. The standard InChI is InChI=1S/C17H11ClN2O3S/c18-13-7-6-11(8-12(13)17(22)23)20-16(21)15-14(19-9-24-15)10-4-2-1-3-5-10/h1-9H,(H,20,21)(H,22,23). The number of rotatable bonds is 4. The van der Waals surface area contributed by atoms with Crippen LogP contribution in [0.1, 0.15) is 20.0 Å². The summed E-state index contributed by atoms with van der Waals surface area (Å²) in [6.45, 7) is 0. The highest BCUT2D eigenvalue weighted by Gasteiger charge is 2.17. The van der Waals surface area contributed by atoms with Gasteiger partial charge in [-0.25, -0.2) is 9.78 Å². The van der Waals surface area contributed by atoms with Gasteiger partial charge in [0.15, 0.2) is 0 Å². The lowest BCUT2D eigenvalue weighted by Gasteiger charge is -2.07. The number of carboxylic acid groups (broad SMARTS) is 1. The lowest BCUT2D eigenvalue weighted by molar-refractivity contribution is 0.0696. The van der Waals surface area contributed by atoms with E-state index in [1.54, 1.807) is 11.6 Å². The summed E-state index contributed by atoms with van der Waals surface area (Å²) in [6, 6.07) is 13.7. The van der Waals surface area contributed by atoms with Crippen LogP contribution in [-0.2, 0) is 0 Å². The summed E-state index contributed by atoms with van der Waals surface area (Å²) in [5.41, 5.74) is 3.31. The van der Waals surface area contributed by atoms with Crippen LogP contribution >= 0.6 is 22.9 Å². The van der Waals surface area contributed by atoms with E-state index in [1.807, 2.05) is 30.3 Å². The summed E-state index contributed by atoms with van der Waals surface area (Å²) in [6.07, 6.45) is 0. The molecule has 24 heavy (non-hydrogen) atoms. The van der Waals surface area contributed by atoms with Crippen molar-refractivity contribution in [2.24, 2.45) is 0 Å². The molecule has 1 heterocycles. The number of nitrogens with zero attached hydrogens (tertiary/aromatic N) is 1. The minimum Gasteiger partial charge on any atom is -0.478 e. The number of hydrogen-bond acceptors (Lipinski definition) is 4. The molecule has 5 nitrogen and oxygen atoms in total. The Morgan fingerprint density at radius 2 is 1.88 bits per heavy atom. The van der Waals surface area contributed by atoms with Crippen LogP contribution in [0.15, 0.2) is 54.0 Å². The summed E-state index contributed by atoms with van der Waals surface area (Å²) in [5, 5.41) is 11.9. The Hall–Kier alpha value is -2.70. The maximum absolute atomic E-state index is 12.5. The second kappa shape index (κ2) is 6.82. The minimum atomic E-state index is -1.15. The van der Waals surface area contributed by atoms with Crippen molar-refractivity contribution in [1.29, 1.82) is 0 Å². The molecular weight excluding hydrogens is 348 g/mol. The Labute approximate surface area is 146 Å². The topological polar surface area (TPSA) is 79.3 Å². The Bertz CT molecular complexity index is 909. The van der Waals surface area contributed by atoms with E-state index in [2.05, 4.69) is 10.3 Å². The average molecular weight is 359 g/mol. The molecule has 2 N–H and O–H groups in total. The van der Waals surface area contributed by atoms with E-state index in [4.69, 9.17) is 16.7 Å². The fourth-order valence-electron chi connectivity index (χ4n) is 2.16. The van der Waals surface area contributed by atoms with Crippen molar-refractivity contribution >= 4 is 40.5 Å². The second-order valence-corrected chi connectivity index (χ2v) is 6.11. The maximum Gasteiger partial charge on any atom is 0.337 e. The Morgan fingerprint density at radius 1 is 1.12 bits per heavy atom. The third-order valence-electron chi connectivity index (χ3n) is 3.28. The zero-order chi connectivity index (χ0) is 17.1. The van der Waals surface area contributed by atoms with Gasteiger partial charge in [0.1, 0.15) is 4.88 Å². The zero-order valence-corrected chi connectivity index (χ0v) is 13.8. The van der Waals surface area contributed by atoms with Crippen LogP contribution in [0.2, 0.25) is 5.02 Å². The van der Waals surface area contributed by atoms with Crippen LogP contribution in [0.25, 0.3) is 11.3 Å². The van der Waals surface area contributed by atoms with Crippen molar-refractivity contribution in [2.75, 3.05) is 5.32 Å². The number of carbonyl (C=O) groups is 2. The average Bonchev–Trinajstić information content (AvgIpc) is 3.07. The van der Waals surface area contributed by atoms with E-state index < -0.39 is 5.97 Å². The summed E-state index contributed by atoms with van der Waals surface area (Å²) in [7, 11) is 0. The fourth-order valence-corrected chi connectivity index (χ4v) is 3.07. The molecule has 1 aromatic heterocycles. The third-order valence-corrected chi connectivity index (χ3v) is 4.43. The maximum atomic E-state index is 12.5. The van der Waals surface area contributed by atoms with Crippen LogP contribution in [0.3, 0.4) is 0 Å². The number of aromatic nitrogens is 1. The number of aromatic carboxylic acids is 1. The summed E-state index contributed by atoms with van der Waals surface area (Å²) in [5.74, 6) is -1.51. The van der Waals surface area contributed by atoms with Crippen LogP contribution in [0.5, 0.6) is 0 Å². The number of anilines is 1. The van der Waals surface area contributed by atoms with Gasteiger partial charge >= 0.3 is 5.97 Å². The molecule has 120 valence electrons. The lowest BCUT2D eigenvalue weighted by Crippen LogP contribution is -2.12. The van der Waals surface area contributed by atoms with Crippen molar-refractivity contribution in [2.45, 2.75) is 0 Å². The largest absolute Gasteiger partial charge is 0.478 e. The number of thiazole rings is 1. The van der Waals surface area contributed by atoms with Crippen molar-refractivity contribution in [1.82, 2.24) is 4.98 Å². The number of hydrogen-bond donors (Lipinski definition) is 2. The Morgan fingerprint density at radius 3 is 2.58 bits per heavy atom. The number of amides is 1. The van der Waals surface area contributed by atoms with Crippen molar-refractivity contribution in [3.63, 3.8) is 0 Å². The molecule has 0 atom stereocenters. The molecule has 2 aromatic carbocycles. The number of halogens is 1. The third kappa shape index (κ3) is 3.29. The predicted molar refractivity (Wildman–Crippen MR) is 93.9 cm³/mol. The smallest absolute Gasteiger partial charge is 0.337 e. The van der Waals surface area contributed by atoms with E-state index in [0.29, 0.717) is 16.3 Å². The highest BCUT2D eigenvalue weighted by Crippen LogP contribution is 2.27. The molecule has 0 saturated carbocycles. The summed E-state index contributed by atoms with van der Waals surface area (Å²) in [4.78, 5) is 28.3. The van der Waals surface area contributed by atoms with Gasteiger partial charge < -0.3 is 10.4 Å². The van der Waals surface area contributed by atoms with Crippen LogP contribution in [-0.4, -0.2) is 22.0 Å². The lowest BCUT2D eigenvalue weighted by atomic mass is 10.1. The minimum absolute atomic E-state index is 0.0675. The van der Waals surface area contributed by atoms with Gasteiger partial charge in [-0.2, -0.15) is 0 Å². The molecule has 1 amide bonds. The van der Waals surface area contributed by atoms with Crippen molar-refractivity contribution in [3.05, 3.63) is 69.5 Å². The second-order valence-electron chi connectivity index (χ2n) is 4.85. The Kier molecular flexibility index (Phi) is 4.59. The van der Waals surface area contributed by atoms with Gasteiger partial charge in [0, 0.05) is 11.3 Å². The van der Waals surface area contributed by atoms with Gasteiger partial charge in [0.05, 0.1) is 21.8 Å². The fraction of sp³-hybridized carbons (Fsp3) is 0. The Balaban J connectivity index is 1.88. The SMILES string of the molecule is O=C(O)c1cc(NC(=O)c2scnc2-c2ccccc2)ccc1Cl. The van der Waals surface area contributed by atoms with Crippen LogP contribution in [0.4, 0.5) is 5.69 Å².